The van der Waals surface area contributed by atoms with E-state index in [2.05, 4.69) is 32.5 Å². The summed E-state index contributed by atoms with van der Waals surface area (Å²) < 4.78 is 12.9. The van der Waals surface area contributed by atoms with E-state index in [1.165, 1.54) is 29.8 Å². The summed E-state index contributed by atoms with van der Waals surface area (Å²) in [5.74, 6) is -0.0401. The molecule has 0 spiro atoms. The summed E-state index contributed by atoms with van der Waals surface area (Å²) in [6, 6.07) is 19.1. The Morgan fingerprint density at radius 1 is 1.00 bits per heavy atom. The molecule has 0 radical (unpaired) electrons. The number of aromatic nitrogens is 2. The molecule has 1 aromatic heterocycles. The van der Waals surface area contributed by atoms with E-state index in [1.807, 2.05) is 25.1 Å². The van der Waals surface area contributed by atoms with Crippen molar-refractivity contribution in [2.75, 3.05) is 16.8 Å². The standard InChI is InChI=1S/C20H19FN4O/c1-2-25(14-15-6-4-3-5-7-15)19-13-12-18(23-24-19)20(26)22-17-10-8-16(21)9-11-17/h3-13H,2,14H2,1H3,(H,22,26). The second kappa shape index (κ2) is 8.20. The maximum absolute atomic E-state index is 12.9. The molecule has 0 atom stereocenters. The molecule has 0 saturated heterocycles. The summed E-state index contributed by atoms with van der Waals surface area (Å²) in [6.07, 6.45) is 0. The van der Waals surface area contributed by atoms with Gasteiger partial charge in [0.1, 0.15) is 5.82 Å². The van der Waals surface area contributed by atoms with Crippen LogP contribution < -0.4 is 10.2 Å². The van der Waals surface area contributed by atoms with Gasteiger partial charge in [0.25, 0.3) is 5.91 Å². The van der Waals surface area contributed by atoms with Crippen LogP contribution in [0.15, 0.2) is 66.7 Å². The Morgan fingerprint density at radius 3 is 2.35 bits per heavy atom. The van der Waals surface area contributed by atoms with Gasteiger partial charge in [-0.25, -0.2) is 4.39 Å². The largest absolute Gasteiger partial charge is 0.351 e. The minimum atomic E-state index is -0.387. The summed E-state index contributed by atoms with van der Waals surface area (Å²) >= 11 is 0. The van der Waals surface area contributed by atoms with Gasteiger partial charge in [0.2, 0.25) is 0 Å². The number of carbonyl (C=O) groups is 1. The Kier molecular flexibility index (Phi) is 5.53. The van der Waals surface area contributed by atoms with Gasteiger partial charge in [0, 0.05) is 18.8 Å². The highest BCUT2D eigenvalue weighted by Gasteiger charge is 2.12. The lowest BCUT2D eigenvalue weighted by Gasteiger charge is -2.21. The molecule has 132 valence electrons. The van der Waals surface area contributed by atoms with Crippen molar-refractivity contribution in [3.05, 3.63) is 83.8 Å². The smallest absolute Gasteiger partial charge is 0.276 e. The fraction of sp³-hybridized carbons (Fsp3) is 0.150. The third kappa shape index (κ3) is 4.42. The molecule has 6 heteroatoms. The lowest BCUT2D eigenvalue weighted by molar-refractivity contribution is 0.102. The monoisotopic (exact) mass is 350 g/mol. The predicted molar refractivity (Wildman–Crippen MR) is 99.6 cm³/mol. The van der Waals surface area contributed by atoms with Crippen molar-refractivity contribution in [1.82, 2.24) is 10.2 Å². The number of nitrogens with zero attached hydrogens (tertiary/aromatic N) is 3. The molecule has 0 aliphatic rings. The van der Waals surface area contributed by atoms with Crippen LogP contribution >= 0.6 is 0 Å². The van der Waals surface area contributed by atoms with Gasteiger partial charge in [-0.3, -0.25) is 4.79 Å². The van der Waals surface area contributed by atoms with Crippen LogP contribution in [0.25, 0.3) is 0 Å². The van der Waals surface area contributed by atoms with Gasteiger partial charge < -0.3 is 10.2 Å². The molecule has 1 N–H and O–H groups in total. The zero-order valence-corrected chi connectivity index (χ0v) is 14.4. The number of hydrogen-bond acceptors (Lipinski definition) is 4. The molecule has 5 nitrogen and oxygen atoms in total. The quantitative estimate of drug-likeness (QED) is 0.733. The molecule has 26 heavy (non-hydrogen) atoms. The molecule has 0 aliphatic heterocycles. The SMILES string of the molecule is CCN(Cc1ccccc1)c1ccc(C(=O)Nc2ccc(F)cc2)nn1. The maximum Gasteiger partial charge on any atom is 0.276 e. The fourth-order valence-corrected chi connectivity index (χ4v) is 2.50. The van der Waals surface area contributed by atoms with Crippen LogP contribution in [0.3, 0.4) is 0 Å². The van der Waals surface area contributed by atoms with Crippen molar-refractivity contribution in [3.63, 3.8) is 0 Å². The van der Waals surface area contributed by atoms with E-state index in [9.17, 15) is 9.18 Å². The number of hydrogen-bond donors (Lipinski definition) is 1. The first-order chi connectivity index (χ1) is 12.7. The number of amides is 1. The molecule has 1 amide bonds. The number of carbonyl (C=O) groups excluding carboxylic acids is 1. The van der Waals surface area contributed by atoms with Gasteiger partial charge >= 0.3 is 0 Å². The van der Waals surface area contributed by atoms with Crippen LogP contribution in [-0.4, -0.2) is 22.6 Å². The van der Waals surface area contributed by atoms with Crippen molar-refractivity contribution >= 4 is 17.4 Å². The second-order valence-electron chi connectivity index (χ2n) is 5.74. The second-order valence-corrected chi connectivity index (χ2v) is 5.74. The van der Waals surface area contributed by atoms with Crippen LogP contribution in [0.1, 0.15) is 23.0 Å². The molecule has 0 aliphatic carbocycles. The minimum Gasteiger partial charge on any atom is -0.351 e. The van der Waals surface area contributed by atoms with E-state index in [-0.39, 0.29) is 17.4 Å². The Labute approximate surface area is 151 Å². The van der Waals surface area contributed by atoms with Gasteiger partial charge in [-0.1, -0.05) is 30.3 Å². The van der Waals surface area contributed by atoms with Gasteiger partial charge in [-0.05, 0) is 48.9 Å². The number of halogens is 1. The van der Waals surface area contributed by atoms with Gasteiger partial charge in [-0.2, -0.15) is 0 Å². The topological polar surface area (TPSA) is 58.1 Å². The van der Waals surface area contributed by atoms with E-state index in [1.54, 1.807) is 12.1 Å². The van der Waals surface area contributed by atoms with Crippen LogP contribution in [0, 0.1) is 5.82 Å². The van der Waals surface area contributed by atoms with E-state index >= 15 is 0 Å². The maximum atomic E-state index is 12.9. The van der Waals surface area contributed by atoms with Gasteiger partial charge in [0.05, 0.1) is 0 Å². The highest BCUT2D eigenvalue weighted by Crippen LogP contribution is 2.15. The summed E-state index contributed by atoms with van der Waals surface area (Å²) in [5, 5.41) is 10.9. The summed E-state index contributed by atoms with van der Waals surface area (Å²) in [6.45, 7) is 3.53. The molecular formula is C20H19FN4O. The lowest BCUT2D eigenvalue weighted by Crippen LogP contribution is -2.24. The van der Waals surface area contributed by atoms with Crippen LogP contribution in [0.5, 0.6) is 0 Å². The molecule has 0 unspecified atom stereocenters. The molecule has 0 fully saturated rings. The van der Waals surface area contributed by atoms with E-state index in [4.69, 9.17) is 0 Å². The van der Waals surface area contributed by atoms with Crippen molar-refractivity contribution in [2.24, 2.45) is 0 Å². The van der Waals surface area contributed by atoms with Crippen LogP contribution in [0.4, 0.5) is 15.9 Å². The average Bonchev–Trinajstić information content (AvgIpc) is 2.69. The van der Waals surface area contributed by atoms with E-state index in [0.29, 0.717) is 18.1 Å². The van der Waals surface area contributed by atoms with E-state index in [0.717, 1.165) is 6.54 Å². The van der Waals surface area contributed by atoms with Crippen molar-refractivity contribution in [2.45, 2.75) is 13.5 Å². The molecule has 1 heterocycles. The Bertz CT molecular complexity index is 851. The third-order valence-corrected chi connectivity index (χ3v) is 3.91. The normalized spacial score (nSPS) is 10.4. The molecule has 0 saturated carbocycles. The Morgan fingerprint density at radius 2 is 1.73 bits per heavy atom. The number of nitrogens with one attached hydrogen (secondary N) is 1. The first kappa shape index (κ1) is 17.5. The third-order valence-electron chi connectivity index (χ3n) is 3.91. The fourth-order valence-electron chi connectivity index (χ4n) is 2.50. The molecule has 3 rings (SSSR count). The number of benzene rings is 2. The van der Waals surface area contributed by atoms with Crippen LogP contribution in [-0.2, 0) is 6.54 Å². The molecular weight excluding hydrogens is 331 g/mol. The van der Waals surface area contributed by atoms with Gasteiger partial charge in [-0.15, -0.1) is 10.2 Å². The number of rotatable bonds is 6. The van der Waals surface area contributed by atoms with Crippen LogP contribution in [0.2, 0.25) is 0 Å². The lowest BCUT2D eigenvalue weighted by atomic mass is 10.2. The summed E-state index contributed by atoms with van der Waals surface area (Å²) in [4.78, 5) is 14.3. The van der Waals surface area contributed by atoms with Crippen molar-refractivity contribution in [3.8, 4) is 0 Å². The summed E-state index contributed by atoms with van der Waals surface area (Å²) in [7, 11) is 0. The highest BCUT2D eigenvalue weighted by atomic mass is 19.1. The van der Waals surface area contributed by atoms with E-state index < -0.39 is 0 Å². The van der Waals surface area contributed by atoms with Gasteiger partial charge in [0.15, 0.2) is 11.5 Å². The average molecular weight is 350 g/mol. The predicted octanol–water partition coefficient (Wildman–Crippen LogP) is 3.89. The zero-order chi connectivity index (χ0) is 18.4. The molecule has 0 bridgehead atoms. The molecule has 3 aromatic rings. The van der Waals surface area contributed by atoms with Crippen molar-refractivity contribution in [1.29, 1.82) is 0 Å². The Hall–Kier alpha value is -3.28. The minimum absolute atomic E-state index is 0.203. The Balaban J connectivity index is 1.68. The highest BCUT2D eigenvalue weighted by molar-refractivity contribution is 6.02. The summed E-state index contributed by atoms with van der Waals surface area (Å²) in [5.41, 5.74) is 1.88. The first-order valence-electron chi connectivity index (χ1n) is 8.35. The van der Waals surface area contributed by atoms with Crippen molar-refractivity contribution < 1.29 is 9.18 Å². The first-order valence-corrected chi connectivity index (χ1v) is 8.35. The zero-order valence-electron chi connectivity index (χ0n) is 14.4. The number of anilines is 2. The molecule has 2 aromatic carbocycles.